The van der Waals surface area contributed by atoms with Crippen LogP contribution in [0.2, 0.25) is 0 Å². The van der Waals surface area contributed by atoms with E-state index in [1.165, 1.54) is 0 Å². The van der Waals surface area contributed by atoms with E-state index in [0.717, 1.165) is 22.4 Å². The smallest absolute Gasteiger partial charge is 0.296 e. The van der Waals surface area contributed by atoms with E-state index in [9.17, 15) is 8.42 Å². The number of ether oxygens (including phenoxy) is 1. The lowest BCUT2D eigenvalue weighted by Crippen LogP contribution is -2.18. The first-order valence-corrected chi connectivity index (χ1v) is 10.2. The molecule has 1 aliphatic heterocycles. The molecule has 2 atom stereocenters. The number of hydrogen-bond donors (Lipinski definition) is 0. The second-order valence-corrected chi connectivity index (χ2v) is 8.26. The minimum atomic E-state index is -3.83. The van der Waals surface area contributed by atoms with E-state index >= 15 is 0 Å². The Labute approximate surface area is 159 Å². The molecule has 0 aromatic heterocycles. The van der Waals surface area contributed by atoms with E-state index in [1.54, 1.807) is 24.3 Å². The summed E-state index contributed by atoms with van der Waals surface area (Å²) in [6, 6.07) is 24.2. The molecule has 3 aromatic carbocycles. The highest BCUT2D eigenvalue weighted by atomic mass is 32.2. The quantitative estimate of drug-likeness (QED) is 0.606. The zero-order chi connectivity index (χ0) is 18.9. The standard InChI is InChI=1S/C22H20O4S/c1-16-11-13-18(14-12-16)27(23,24)25-15-20-19-9-5-6-10-21(19)26-22(20)17-7-3-2-4-8-17/h2-14,20,22H,15H2,1H3/t20-,22+/m1/s1. The Balaban J connectivity index is 1.61. The average molecular weight is 380 g/mol. The van der Waals surface area contributed by atoms with Gasteiger partial charge in [-0.1, -0.05) is 66.2 Å². The highest BCUT2D eigenvalue weighted by Crippen LogP contribution is 2.46. The van der Waals surface area contributed by atoms with Crippen LogP contribution in [0.25, 0.3) is 0 Å². The first-order chi connectivity index (χ1) is 13.0. The zero-order valence-electron chi connectivity index (χ0n) is 14.9. The second kappa shape index (κ2) is 7.18. The third-order valence-electron chi connectivity index (χ3n) is 4.78. The molecule has 5 heteroatoms. The lowest BCUT2D eigenvalue weighted by atomic mass is 9.92. The van der Waals surface area contributed by atoms with Crippen LogP contribution >= 0.6 is 0 Å². The summed E-state index contributed by atoms with van der Waals surface area (Å²) in [5, 5.41) is 0. The summed E-state index contributed by atoms with van der Waals surface area (Å²) in [4.78, 5) is 0.163. The van der Waals surface area contributed by atoms with Gasteiger partial charge in [0.2, 0.25) is 0 Å². The van der Waals surface area contributed by atoms with E-state index in [4.69, 9.17) is 8.92 Å². The Hall–Kier alpha value is -2.63. The van der Waals surface area contributed by atoms with Gasteiger partial charge in [0, 0.05) is 5.56 Å². The number of fused-ring (bicyclic) bond motifs is 1. The SMILES string of the molecule is Cc1ccc(S(=O)(=O)OC[C@@H]2c3ccccc3O[C@H]2c2ccccc2)cc1. The minimum Gasteiger partial charge on any atom is -0.485 e. The molecular weight excluding hydrogens is 360 g/mol. The maximum atomic E-state index is 12.6. The fourth-order valence-corrected chi connectivity index (χ4v) is 4.26. The molecule has 0 spiro atoms. The summed E-state index contributed by atoms with van der Waals surface area (Å²) in [5.74, 6) is 0.566. The Kier molecular flexibility index (Phi) is 4.72. The maximum absolute atomic E-state index is 12.6. The summed E-state index contributed by atoms with van der Waals surface area (Å²) in [6.07, 6.45) is -0.281. The third kappa shape index (κ3) is 3.61. The van der Waals surface area contributed by atoms with Crippen LogP contribution in [-0.4, -0.2) is 15.0 Å². The number of para-hydroxylation sites is 1. The molecule has 0 bridgehead atoms. The maximum Gasteiger partial charge on any atom is 0.296 e. The Morgan fingerprint density at radius 1 is 0.889 bits per heavy atom. The van der Waals surface area contributed by atoms with Crippen molar-refractivity contribution in [1.29, 1.82) is 0 Å². The summed E-state index contributed by atoms with van der Waals surface area (Å²) in [5.41, 5.74) is 2.96. The Bertz CT molecular complexity index is 1030. The van der Waals surface area contributed by atoms with Gasteiger partial charge in [0.15, 0.2) is 0 Å². The van der Waals surface area contributed by atoms with Crippen LogP contribution in [0.4, 0.5) is 0 Å². The zero-order valence-corrected chi connectivity index (χ0v) is 15.7. The monoisotopic (exact) mass is 380 g/mol. The van der Waals surface area contributed by atoms with Crippen molar-refractivity contribution in [2.45, 2.75) is 23.8 Å². The van der Waals surface area contributed by atoms with Crippen LogP contribution in [0, 0.1) is 6.92 Å². The molecule has 4 rings (SSSR count). The van der Waals surface area contributed by atoms with Gasteiger partial charge in [-0.3, -0.25) is 4.18 Å². The molecule has 0 saturated heterocycles. The van der Waals surface area contributed by atoms with Crippen molar-refractivity contribution in [2.75, 3.05) is 6.61 Å². The van der Waals surface area contributed by atoms with Crippen molar-refractivity contribution in [2.24, 2.45) is 0 Å². The Morgan fingerprint density at radius 3 is 2.30 bits per heavy atom. The lowest BCUT2D eigenvalue weighted by molar-refractivity contribution is 0.172. The van der Waals surface area contributed by atoms with Gasteiger partial charge in [0.1, 0.15) is 11.9 Å². The highest BCUT2D eigenvalue weighted by molar-refractivity contribution is 7.86. The molecule has 1 aliphatic rings. The predicted octanol–water partition coefficient (Wildman–Crippen LogP) is 4.62. The van der Waals surface area contributed by atoms with Gasteiger partial charge in [-0.15, -0.1) is 0 Å². The van der Waals surface area contributed by atoms with E-state index in [1.807, 2.05) is 61.5 Å². The van der Waals surface area contributed by atoms with E-state index in [-0.39, 0.29) is 23.5 Å². The molecule has 0 unspecified atom stereocenters. The number of hydrogen-bond acceptors (Lipinski definition) is 4. The molecule has 27 heavy (non-hydrogen) atoms. The third-order valence-corrected chi connectivity index (χ3v) is 6.07. The van der Waals surface area contributed by atoms with Crippen LogP contribution in [0.15, 0.2) is 83.8 Å². The lowest BCUT2D eigenvalue weighted by Gasteiger charge is -2.19. The van der Waals surface area contributed by atoms with Crippen LogP contribution < -0.4 is 4.74 Å². The number of aryl methyl sites for hydroxylation is 1. The van der Waals surface area contributed by atoms with Gasteiger partial charge in [0.05, 0.1) is 17.4 Å². The van der Waals surface area contributed by atoms with Crippen LogP contribution in [0.5, 0.6) is 5.75 Å². The summed E-state index contributed by atoms with van der Waals surface area (Å²) < 4.78 is 36.7. The van der Waals surface area contributed by atoms with Gasteiger partial charge in [-0.05, 0) is 30.7 Å². The highest BCUT2D eigenvalue weighted by Gasteiger charge is 2.36. The molecule has 0 saturated carbocycles. The van der Waals surface area contributed by atoms with Crippen molar-refractivity contribution in [3.8, 4) is 5.75 Å². The molecule has 138 valence electrons. The van der Waals surface area contributed by atoms with E-state index in [2.05, 4.69) is 0 Å². The van der Waals surface area contributed by atoms with Crippen molar-refractivity contribution in [3.63, 3.8) is 0 Å². The van der Waals surface area contributed by atoms with Crippen LogP contribution in [0.1, 0.15) is 28.7 Å². The topological polar surface area (TPSA) is 52.6 Å². The summed E-state index contributed by atoms with van der Waals surface area (Å²) in [6.45, 7) is 1.93. The van der Waals surface area contributed by atoms with Crippen LogP contribution in [0.3, 0.4) is 0 Å². The van der Waals surface area contributed by atoms with E-state index < -0.39 is 10.1 Å². The Morgan fingerprint density at radius 2 is 1.56 bits per heavy atom. The molecule has 0 fully saturated rings. The molecule has 0 amide bonds. The van der Waals surface area contributed by atoms with Gasteiger partial charge in [0.25, 0.3) is 10.1 Å². The van der Waals surface area contributed by atoms with Gasteiger partial charge < -0.3 is 4.74 Å². The van der Waals surface area contributed by atoms with Gasteiger partial charge in [-0.2, -0.15) is 8.42 Å². The predicted molar refractivity (Wildman–Crippen MR) is 103 cm³/mol. The number of rotatable bonds is 5. The van der Waals surface area contributed by atoms with Crippen molar-refractivity contribution < 1.29 is 17.3 Å². The number of benzene rings is 3. The normalized spacial score (nSPS) is 18.7. The van der Waals surface area contributed by atoms with E-state index in [0.29, 0.717) is 0 Å². The fourth-order valence-electron chi connectivity index (χ4n) is 3.33. The molecule has 3 aromatic rings. The van der Waals surface area contributed by atoms with Crippen LogP contribution in [-0.2, 0) is 14.3 Å². The van der Waals surface area contributed by atoms with Crippen molar-refractivity contribution >= 4 is 10.1 Å². The molecule has 4 nitrogen and oxygen atoms in total. The van der Waals surface area contributed by atoms with Crippen molar-refractivity contribution in [1.82, 2.24) is 0 Å². The largest absolute Gasteiger partial charge is 0.485 e. The minimum absolute atomic E-state index is 0.0206. The molecule has 0 N–H and O–H groups in total. The van der Waals surface area contributed by atoms with Crippen molar-refractivity contribution in [3.05, 3.63) is 95.6 Å². The average Bonchev–Trinajstić information content (AvgIpc) is 3.06. The van der Waals surface area contributed by atoms with Gasteiger partial charge in [-0.25, -0.2) is 0 Å². The molecular formula is C22H20O4S. The molecule has 0 radical (unpaired) electrons. The fraction of sp³-hybridized carbons (Fsp3) is 0.182. The summed E-state index contributed by atoms with van der Waals surface area (Å²) >= 11 is 0. The van der Waals surface area contributed by atoms with Gasteiger partial charge >= 0.3 is 0 Å². The first-order valence-electron chi connectivity index (χ1n) is 8.81. The molecule has 1 heterocycles. The first kappa shape index (κ1) is 17.8. The molecule has 0 aliphatic carbocycles. The second-order valence-electron chi connectivity index (χ2n) is 6.65. The summed E-state index contributed by atoms with van der Waals surface area (Å²) in [7, 11) is -3.83.